The van der Waals surface area contributed by atoms with E-state index in [1.165, 1.54) is 4.90 Å². The van der Waals surface area contributed by atoms with E-state index in [9.17, 15) is 9.59 Å². The molecule has 0 spiro atoms. The first kappa shape index (κ1) is 19.2. The molecular formula is C21H20N4O3S. The maximum Gasteiger partial charge on any atom is 0.261 e. The standard InChI is InChI=1S/C21H20N4O3S/c1-24-18(14-8-10-15(28-2)11-9-14)22-23-21(24)29-13-5-12-25-19(26)16-6-3-4-7-17(16)20(25)27/h3-4,6-11H,5,12-13H2,1-2H3. The van der Waals surface area contributed by atoms with Gasteiger partial charge in [-0.1, -0.05) is 23.9 Å². The summed E-state index contributed by atoms with van der Waals surface area (Å²) in [6.45, 7) is 0.391. The van der Waals surface area contributed by atoms with Crippen LogP contribution in [0.5, 0.6) is 5.75 Å². The zero-order valence-corrected chi connectivity index (χ0v) is 17.0. The van der Waals surface area contributed by atoms with Gasteiger partial charge in [0.1, 0.15) is 5.75 Å². The molecule has 1 aliphatic rings. The summed E-state index contributed by atoms with van der Waals surface area (Å²) in [5, 5.41) is 9.34. The van der Waals surface area contributed by atoms with E-state index in [0.717, 1.165) is 28.0 Å². The van der Waals surface area contributed by atoms with E-state index in [4.69, 9.17) is 4.74 Å². The minimum absolute atomic E-state index is 0.212. The van der Waals surface area contributed by atoms with E-state index in [1.54, 1.807) is 43.1 Å². The lowest BCUT2D eigenvalue weighted by molar-refractivity contribution is 0.0655. The van der Waals surface area contributed by atoms with Gasteiger partial charge < -0.3 is 9.30 Å². The quantitative estimate of drug-likeness (QED) is 0.339. The molecular weight excluding hydrogens is 388 g/mol. The fraction of sp³-hybridized carbons (Fsp3) is 0.238. The van der Waals surface area contributed by atoms with Crippen molar-refractivity contribution < 1.29 is 14.3 Å². The fourth-order valence-corrected chi connectivity index (χ4v) is 4.10. The minimum Gasteiger partial charge on any atom is -0.497 e. The second kappa shape index (κ2) is 8.08. The molecule has 0 fully saturated rings. The summed E-state index contributed by atoms with van der Waals surface area (Å²) in [4.78, 5) is 26.1. The molecule has 1 aromatic heterocycles. The molecule has 0 saturated carbocycles. The summed E-state index contributed by atoms with van der Waals surface area (Å²) >= 11 is 1.56. The van der Waals surface area contributed by atoms with Gasteiger partial charge in [0.15, 0.2) is 11.0 Å². The van der Waals surface area contributed by atoms with Crippen molar-refractivity contribution in [2.24, 2.45) is 7.05 Å². The molecule has 8 heteroatoms. The van der Waals surface area contributed by atoms with E-state index in [2.05, 4.69) is 10.2 Å². The number of fused-ring (bicyclic) bond motifs is 1. The average molecular weight is 408 g/mol. The van der Waals surface area contributed by atoms with E-state index in [0.29, 0.717) is 24.1 Å². The number of ether oxygens (including phenoxy) is 1. The summed E-state index contributed by atoms with van der Waals surface area (Å²) < 4.78 is 7.12. The molecule has 1 aliphatic heterocycles. The van der Waals surface area contributed by atoms with Crippen molar-refractivity contribution in [2.45, 2.75) is 11.6 Å². The Balaban J connectivity index is 1.34. The molecule has 7 nitrogen and oxygen atoms in total. The highest BCUT2D eigenvalue weighted by Gasteiger charge is 2.34. The fourth-order valence-electron chi connectivity index (χ4n) is 3.26. The number of carbonyl (C=O) groups excluding carboxylic acids is 2. The van der Waals surface area contributed by atoms with Gasteiger partial charge in [0.2, 0.25) is 0 Å². The lowest BCUT2D eigenvalue weighted by atomic mass is 10.1. The van der Waals surface area contributed by atoms with Crippen molar-refractivity contribution in [1.82, 2.24) is 19.7 Å². The minimum atomic E-state index is -0.212. The number of imide groups is 1. The molecule has 3 aromatic rings. The molecule has 0 bridgehead atoms. The Morgan fingerprint density at radius 2 is 1.62 bits per heavy atom. The van der Waals surface area contributed by atoms with Crippen molar-refractivity contribution in [3.8, 4) is 17.1 Å². The molecule has 2 aromatic carbocycles. The van der Waals surface area contributed by atoms with Gasteiger partial charge in [-0.05, 0) is 42.8 Å². The molecule has 0 saturated heterocycles. The highest BCUT2D eigenvalue weighted by atomic mass is 32.2. The summed E-state index contributed by atoms with van der Waals surface area (Å²) in [6.07, 6.45) is 0.681. The Morgan fingerprint density at radius 1 is 0.966 bits per heavy atom. The highest BCUT2D eigenvalue weighted by Crippen LogP contribution is 2.26. The molecule has 2 heterocycles. The van der Waals surface area contributed by atoms with E-state index in [1.807, 2.05) is 35.9 Å². The number of aromatic nitrogens is 3. The molecule has 148 valence electrons. The first-order chi connectivity index (χ1) is 14.1. The Kier molecular flexibility index (Phi) is 5.35. The van der Waals surface area contributed by atoms with Crippen LogP contribution in [0.1, 0.15) is 27.1 Å². The number of carbonyl (C=O) groups is 2. The van der Waals surface area contributed by atoms with Crippen LogP contribution in [-0.4, -0.2) is 50.9 Å². The molecule has 0 radical (unpaired) electrons. The number of methoxy groups -OCH3 is 1. The number of benzene rings is 2. The van der Waals surface area contributed by atoms with Crippen molar-refractivity contribution in [2.75, 3.05) is 19.4 Å². The number of rotatable bonds is 7. The monoisotopic (exact) mass is 408 g/mol. The molecule has 0 aliphatic carbocycles. The Morgan fingerprint density at radius 3 is 2.24 bits per heavy atom. The number of nitrogens with zero attached hydrogens (tertiary/aromatic N) is 4. The SMILES string of the molecule is COc1ccc(-c2nnc(SCCCN3C(=O)c4ccccc4C3=O)n2C)cc1. The van der Waals surface area contributed by atoms with Gasteiger partial charge >= 0.3 is 0 Å². The zero-order chi connectivity index (χ0) is 20.4. The van der Waals surface area contributed by atoms with E-state index in [-0.39, 0.29) is 11.8 Å². The summed E-state index contributed by atoms with van der Waals surface area (Å²) in [6, 6.07) is 14.6. The molecule has 0 N–H and O–H groups in total. The third kappa shape index (κ3) is 3.63. The first-order valence-corrected chi connectivity index (χ1v) is 10.2. The third-order valence-electron chi connectivity index (χ3n) is 4.82. The first-order valence-electron chi connectivity index (χ1n) is 9.22. The second-order valence-corrected chi connectivity index (χ2v) is 7.67. The van der Waals surface area contributed by atoms with Crippen LogP contribution in [0.3, 0.4) is 0 Å². The van der Waals surface area contributed by atoms with Crippen molar-refractivity contribution >= 4 is 23.6 Å². The number of amides is 2. The third-order valence-corrected chi connectivity index (χ3v) is 5.93. The van der Waals surface area contributed by atoms with Crippen LogP contribution in [-0.2, 0) is 7.05 Å². The van der Waals surface area contributed by atoms with Gasteiger partial charge in [-0.15, -0.1) is 10.2 Å². The average Bonchev–Trinajstić information content (AvgIpc) is 3.24. The molecule has 0 unspecified atom stereocenters. The van der Waals surface area contributed by atoms with Gasteiger partial charge in [0.25, 0.3) is 11.8 Å². The number of hydrogen-bond acceptors (Lipinski definition) is 6. The van der Waals surface area contributed by atoms with Crippen LogP contribution >= 0.6 is 11.8 Å². The van der Waals surface area contributed by atoms with Gasteiger partial charge in [-0.3, -0.25) is 14.5 Å². The predicted molar refractivity (Wildman–Crippen MR) is 110 cm³/mol. The van der Waals surface area contributed by atoms with Gasteiger partial charge in [-0.2, -0.15) is 0 Å². The molecule has 4 rings (SSSR count). The summed E-state index contributed by atoms with van der Waals surface area (Å²) in [5.41, 5.74) is 1.93. The largest absolute Gasteiger partial charge is 0.497 e. The topological polar surface area (TPSA) is 77.3 Å². The molecule has 0 atom stereocenters. The van der Waals surface area contributed by atoms with Crippen molar-refractivity contribution in [1.29, 1.82) is 0 Å². The summed E-state index contributed by atoms with van der Waals surface area (Å²) in [7, 11) is 3.56. The van der Waals surface area contributed by atoms with Crippen molar-refractivity contribution in [3.63, 3.8) is 0 Å². The normalized spacial score (nSPS) is 13.1. The number of hydrogen-bond donors (Lipinski definition) is 0. The second-order valence-electron chi connectivity index (χ2n) is 6.60. The maximum atomic E-state index is 12.4. The lowest BCUT2D eigenvalue weighted by Crippen LogP contribution is -2.31. The van der Waals surface area contributed by atoms with Gasteiger partial charge in [0, 0.05) is 24.9 Å². The van der Waals surface area contributed by atoms with Crippen LogP contribution < -0.4 is 4.74 Å². The smallest absolute Gasteiger partial charge is 0.261 e. The van der Waals surface area contributed by atoms with Crippen molar-refractivity contribution in [3.05, 3.63) is 59.7 Å². The van der Waals surface area contributed by atoms with Gasteiger partial charge in [0.05, 0.1) is 18.2 Å². The van der Waals surface area contributed by atoms with Gasteiger partial charge in [-0.25, -0.2) is 0 Å². The maximum absolute atomic E-state index is 12.4. The number of thioether (sulfide) groups is 1. The van der Waals surface area contributed by atoms with Crippen LogP contribution in [0.15, 0.2) is 53.7 Å². The Bertz CT molecular complexity index is 1030. The molecule has 2 amide bonds. The highest BCUT2D eigenvalue weighted by molar-refractivity contribution is 7.99. The van der Waals surface area contributed by atoms with Crippen LogP contribution in [0, 0.1) is 0 Å². The zero-order valence-electron chi connectivity index (χ0n) is 16.2. The van der Waals surface area contributed by atoms with E-state index < -0.39 is 0 Å². The van der Waals surface area contributed by atoms with Crippen LogP contribution in [0.2, 0.25) is 0 Å². The Labute approximate surface area is 172 Å². The van der Waals surface area contributed by atoms with Crippen LogP contribution in [0.4, 0.5) is 0 Å². The van der Waals surface area contributed by atoms with Crippen LogP contribution in [0.25, 0.3) is 11.4 Å². The van der Waals surface area contributed by atoms with E-state index >= 15 is 0 Å². The Hall–Kier alpha value is -3.13. The predicted octanol–water partition coefficient (Wildman–Crippen LogP) is 3.27. The summed E-state index contributed by atoms with van der Waals surface area (Å²) in [5.74, 6) is 1.86. The molecule has 29 heavy (non-hydrogen) atoms. The lowest BCUT2D eigenvalue weighted by Gasteiger charge is -2.13.